The number of aliphatic hydroxyl groups is 1. The van der Waals surface area contributed by atoms with E-state index in [1.807, 2.05) is 39.8 Å². The molecule has 6 nitrogen and oxygen atoms in total. The maximum absolute atomic E-state index is 15.6. The number of cyclic esters (lactones) is 1. The summed E-state index contributed by atoms with van der Waals surface area (Å²) in [6.07, 6.45) is 11.4. The molecule has 7 heteroatoms. The maximum atomic E-state index is 15.6. The van der Waals surface area contributed by atoms with Gasteiger partial charge in [-0.3, -0.25) is 4.79 Å². The van der Waals surface area contributed by atoms with E-state index in [4.69, 9.17) is 19.9 Å². The summed E-state index contributed by atoms with van der Waals surface area (Å²) in [4.78, 5) is 12.9. The summed E-state index contributed by atoms with van der Waals surface area (Å²) in [6.45, 7) is 15.4. The van der Waals surface area contributed by atoms with E-state index in [1.165, 1.54) is 13.0 Å². The van der Waals surface area contributed by atoms with Crippen LogP contribution in [-0.4, -0.2) is 59.9 Å². The zero-order valence-electron chi connectivity index (χ0n) is 25.7. The van der Waals surface area contributed by atoms with Gasteiger partial charge in [0, 0.05) is 31.3 Å². The highest BCUT2D eigenvalue weighted by Crippen LogP contribution is 2.39. The number of nitrogens with two attached hydrogens (primary N) is 1. The maximum Gasteiger partial charge on any atom is 0.306 e. The van der Waals surface area contributed by atoms with Gasteiger partial charge >= 0.3 is 5.97 Å². The molecule has 0 aromatic heterocycles. The molecule has 0 amide bonds. The first-order valence-corrected chi connectivity index (χ1v) is 14.8. The monoisotopic (exact) mass is 551 g/mol. The fourth-order valence-corrected chi connectivity index (χ4v) is 5.59. The van der Waals surface area contributed by atoms with E-state index >= 15 is 4.39 Å². The Bertz CT molecular complexity index is 878. The van der Waals surface area contributed by atoms with Crippen LogP contribution in [0.1, 0.15) is 87.5 Å². The van der Waals surface area contributed by atoms with Crippen LogP contribution in [0, 0.1) is 23.7 Å². The third kappa shape index (κ3) is 9.24. The highest BCUT2D eigenvalue weighted by molar-refractivity contribution is 5.70. The number of methoxy groups -OCH3 is 1. The Hall–Kier alpha value is -1.54. The Morgan fingerprint density at radius 3 is 2.59 bits per heavy atom. The van der Waals surface area contributed by atoms with Gasteiger partial charge in [0.15, 0.2) is 0 Å². The first-order chi connectivity index (χ1) is 18.2. The van der Waals surface area contributed by atoms with E-state index in [2.05, 4.69) is 20.8 Å². The second kappa shape index (κ2) is 14.4. The highest BCUT2D eigenvalue weighted by atomic mass is 19.1. The second-order valence-corrected chi connectivity index (χ2v) is 12.4. The Balaban J connectivity index is 2.17. The molecule has 0 radical (unpaired) electrons. The predicted molar refractivity (Wildman–Crippen MR) is 155 cm³/mol. The fraction of sp³-hybridized carbons (Fsp3) is 0.781. The van der Waals surface area contributed by atoms with E-state index in [-0.39, 0.29) is 48.0 Å². The first-order valence-electron chi connectivity index (χ1n) is 14.8. The van der Waals surface area contributed by atoms with Crippen molar-refractivity contribution in [3.63, 3.8) is 0 Å². The van der Waals surface area contributed by atoms with E-state index in [9.17, 15) is 9.90 Å². The van der Waals surface area contributed by atoms with Crippen molar-refractivity contribution < 1.29 is 28.5 Å². The average molecular weight is 552 g/mol. The number of hydrogen-bond acceptors (Lipinski definition) is 6. The third-order valence-corrected chi connectivity index (χ3v) is 9.12. The van der Waals surface area contributed by atoms with E-state index in [0.29, 0.717) is 12.8 Å². The molecule has 2 heterocycles. The third-order valence-electron chi connectivity index (χ3n) is 9.12. The number of hydrogen-bond donors (Lipinski definition) is 2. The van der Waals surface area contributed by atoms with Crippen LogP contribution in [0.15, 0.2) is 36.0 Å². The summed E-state index contributed by atoms with van der Waals surface area (Å²) >= 11 is 0. The molecule has 39 heavy (non-hydrogen) atoms. The van der Waals surface area contributed by atoms with Gasteiger partial charge in [0.05, 0.1) is 23.9 Å². The molecule has 11 unspecified atom stereocenters. The number of alkyl halides is 1. The highest BCUT2D eigenvalue weighted by Gasteiger charge is 2.53. The summed E-state index contributed by atoms with van der Waals surface area (Å²) in [5, 5.41) is 11.0. The van der Waals surface area contributed by atoms with Gasteiger partial charge < -0.3 is 25.1 Å². The van der Waals surface area contributed by atoms with Crippen LogP contribution in [0.5, 0.6) is 0 Å². The molecule has 0 spiro atoms. The van der Waals surface area contributed by atoms with Crippen molar-refractivity contribution in [1.29, 1.82) is 0 Å². The van der Waals surface area contributed by atoms with Gasteiger partial charge in [-0.25, -0.2) is 4.39 Å². The Labute approximate surface area is 236 Å². The van der Waals surface area contributed by atoms with E-state index in [0.717, 1.165) is 24.8 Å². The Kier molecular flexibility index (Phi) is 12.4. The van der Waals surface area contributed by atoms with Crippen LogP contribution >= 0.6 is 0 Å². The standard InChI is InChI=1S/C32H54FNO5/c1-10-24-16-18-32(8,36)22(5)15-14-21(4)27(38-26(35)19-24)20(3)13-12-17-31(7,33)30(34)29-28(39-29)23(6)25(11-2)37-9/h12-15,17,21-25,27-30,36H,10-11,16,18-19,34H2,1-9H3. The molecule has 0 aliphatic carbocycles. The van der Waals surface area contributed by atoms with Crippen molar-refractivity contribution in [3.05, 3.63) is 36.0 Å². The van der Waals surface area contributed by atoms with Gasteiger partial charge in [-0.15, -0.1) is 0 Å². The number of carbonyl (C=O) groups is 1. The predicted octanol–water partition coefficient (Wildman–Crippen LogP) is 6.07. The molecule has 0 aromatic rings. The Morgan fingerprint density at radius 2 is 2.00 bits per heavy atom. The first kappa shape index (κ1) is 33.7. The molecule has 1 saturated heterocycles. The minimum Gasteiger partial charge on any atom is -0.457 e. The van der Waals surface area contributed by atoms with Crippen LogP contribution in [0.4, 0.5) is 4.39 Å². The van der Waals surface area contributed by atoms with Gasteiger partial charge in [0.1, 0.15) is 17.9 Å². The lowest BCUT2D eigenvalue weighted by molar-refractivity contribution is -0.150. The number of epoxide rings is 1. The molecule has 2 aliphatic rings. The lowest BCUT2D eigenvalue weighted by Gasteiger charge is -2.32. The Morgan fingerprint density at radius 1 is 1.33 bits per heavy atom. The molecule has 11 atom stereocenters. The van der Waals surface area contributed by atoms with Gasteiger partial charge in [-0.2, -0.15) is 0 Å². The fourth-order valence-electron chi connectivity index (χ4n) is 5.59. The normalized spacial score (nSPS) is 36.8. The number of halogens is 1. The largest absolute Gasteiger partial charge is 0.457 e. The second-order valence-electron chi connectivity index (χ2n) is 12.4. The van der Waals surface area contributed by atoms with Gasteiger partial charge in [-0.1, -0.05) is 65.3 Å². The molecule has 2 aliphatic heterocycles. The smallest absolute Gasteiger partial charge is 0.306 e. The minimum atomic E-state index is -1.78. The molecule has 0 aromatic carbocycles. The van der Waals surface area contributed by atoms with Crippen LogP contribution in [0.25, 0.3) is 0 Å². The number of rotatable bonds is 10. The van der Waals surface area contributed by atoms with Crippen LogP contribution in [-0.2, 0) is 19.0 Å². The summed E-state index contributed by atoms with van der Waals surface area (Å²) < 4.78 is 32.9. The topological polar surface area (TPSA) is 94.3 Å². The molecule has 3 N–H and O–H groups in total. The molecule has 0 bridgehead atoms. The number of allylic oxidation sites excluding steroid dienone is 2. The number of carbonyl (C=O) groups excluding carboxylic acids is 1. The average Bonchev–Trinajstić information content (AvgIpc) is 3.68. The van der Waals surface area contributed by atoms with Crippen LogP contribution in [0.2, 0.25) is 0 Å². The van der Waals surface area contributed by atoms with Crippen molar-refractivity contribution in [2.24, 2.45) is 29.4 Å². The molecule has 0 saturated carbocycles. The van der Waals surface area contributed by atoms with Crippen molar-refractivity contribution in [2.75, 3.05) is 7.11 Å². The summed E-state index contributed by atoms with van der Waals surface area (Å²) in [7, 11) is 1.68. The lowest BCUT2D eigenvalue weighted by atomic mass is 9.81. The molecular weight excluding hydrogens is 497 g/mol. The molecule has 224 valence electrons. The van der Waals surface area contributed by atoms with Crippen molar-refractivity contribution >= 4 is 5.97 Å². The van der Waals surface area contributed by atoms with Gasteiger partial charge in [-0.05, 0) is 57.6 Å². The zero-order chi connectivity index (χ0) is 29.5. The van der Waals surface area contributed by atoms with Crippen molar-refractivity contribution in [2.45, 2.75) is 129 Å². The number of esters is 1. The van der Waals surface area contributed by atoms with Crippen molar-refractivity contribution in [1.82, 2.24) is 0 Å². The van der Waals surface area contributed by atoms with E-state index in [1.54, 1.807) is 19.3 Å². The van der Waals surface area contributed by atoms with Gasteiger partial charge in [0.2, 0.25) is 0 Å². The van der Waals surface area contributed by atoms with Crippen LogP contribution in [0.3, 0.4) is 0 Å². The van der Waals surface area contributed by atoms with Crippen molar-refractivity contribution in [3.8, 4) is 0 Å². The quantitative estimate of drug-likeness (QED) is 0.148. The SMILES string of the molecule is CCC1CCC(C)(O)C(C)C=CC(C)C(C(C)=CC=CC(C)(F)C(N)C2OC2C(C)C(CC)OC)OC(=O)C1. The number of ether oxygens (including phenoxy) is 3. The van der Waals surface area contributed by atoms with E-state index < -0.39 is 23.4 Å². The molecule has 2 rings (SSSR count). The minimum absolute atomic E-state index is 0.0427. The summed E-state index contributed by atoms with van der Waals surface area (Å²) in [6, 6.07) is -0.814. The molecular formula is C32H54FNO5. The zero-order valence-corrected chi connectivity index (χ0v) is 25.7. The van der Waals surface area contributed by atoms with Crippen LogP contribution < -0.4 is 5.73 Å². The lowest BCUT2D eigenvalue weighted by Crippen LogP contribution is -2.46. The molecule has 1 fully saturated rings. The summed E-state index contributed by atoms with van der Waals surface area (Å²) in [5.74, 6) is -0.131. The van der Waals surface area contributed by atoms with Gasteiger partial charge in [0.25, 0.3) is 0 Å². The summed E-state index contributed by atoms with van der Waals surface area (Å²) in [5.41, 5.74) is 4.50.